The van der Waals surface area contributed by atoms with E-state index < -0.39 is 0 Å². The van der Waals surface area contributed by atoms with E-state index in [0.717, 1.165) is 19.6 Å². The number of ether oxygens (including phenoxy) is 1. The summed E-state index contributed by atoms with van der Waals surface area (Å²) in [4.78, 5) is 1.97. The maximum Gasteiger partial charge on any atom is 0.318 e. The lowest BCUT2D eigenvalue weighted by Crippen LogP contribution is -2.33. The van der Waals surface area contributed by atoms with Crippen molar-refractivity contribution in [3.05, 3.63) is 5.89 Å². The van der Waals surface area contributed by atoms with Gasteiger partial charge >= 0.3 is 6.01 Å². The summed E-state index contributed by atoms with van der Waals surface area (Å²) in [5.41, 5.74) is 0. The fourth-order valence-electron chi connectivity index (χ4n) is 2.10. The fourth-order valence-corrected chi connectivity index (χ4v) is 2.10. The van der Waals surface area contributed by atoms with Gasteiger partial charge in [-0.05, 0) is 19.3 Å². The Hall–Kier alpha value is -1.14. The Morgan fingerprint density at radius 1 is 1.37 bits per heavy atom. The molecule has 108 valence electrons. The number of aromatic nitrogens is 2. The lowest BCUT2D eigenvalue weighted by Gasteiger charge is -2.26. The van der Waals surface area contributed by atoms with Crippen molar-refractivity contribution in [2.45, 2.75) is 51.8 Å². The molecule has 0 spiro atoms. The first kappa shape index (κ1) is 14.3. The highest BCUT2D eigenvalue weighted by molar-refractivity contribution is 5.22. The zero-order chi connectivity index (χ0) is 13.7. The maximum atomic E-state index is 5.71. The summed E-state index contributed by atoms with van der Waals surface area (Å²) < 4.78 is 11.3. The van der Waals surface area contributed by atoms with Gasteiger partial charge in [-0.3, -0.25) is 0 Å². The highest BCUT2D eigenvalue weighted by atomic mass is 16.5. The van der Waals surface area contributed by atoms with Gasteiger partial charge in [0.05, 0.1) is 12.6 Å². The van der Waals surface area contributed by atoms with Gasteiger partial charge in [-0.2, -0.15) is 0 Å². The van der Waals surface area contributed by atoms with Gasteiger partial charge in [0, 0.05) is 26.2 Å². The zero-order valence-electron chi connectivity index (χ0n) is 12.1. The van der Waals surface area contributed by atoms with E-state index in [0.29, 0.717) is 24.5 Å². The van der Waals surface area contributed by atoms with Crippen molar-refractivity contribution in [1.82, 2.24) is 15.5 Å². The van der Waals surface area contributed by atoms with Gasteiger partial charge in [-0.25, -0.2) is 0 Å². The van der Waals surface area contributed by atoms with Crippen LogP contribution in [0.4, 0.5) is 6.01 Å². The Labute approximate surface area is 114 Å². The molecular formula is C13H24N4O2. The van der Waals surface area contributed by atoms with Crippen molar-refractivity contribution in [1.29, 1.82) is 0 Å². The van der Waals surface area contributed by atoms with Gasteiger partial charge in [0.25, 0.3) is 0 Å². The molecule has 1 aliphatic heterocycles. The van der Waals surface area contributed by atoms with Crippen LogP contribution in [0.2, 0.25) is 0 Å². The molecule has 1 aliphatic rings. The van der Waals surface area contributed by atoms with E-state index in [9.17, 15) is 0 Å². The molecule has 1 saturated heterocycles. The molecular weight excluding hydrogens is 244 g/mol. The van der Waals surface area contributed by atoms with E-state index >= 15 is 0 Å². The first-order chi connectivity index (χ1) is 9.15. The predicted octanol–water partition coefficient (Wildman–Crippen LogP) is 1.57. The molecule has 0 aliphatic carbocycles. The van der Waals surface area contributed by atoms with Crippen LogP contribution in [0.1, 0.15) is 39.0 Å². The standard InChI is InChI=1S/C13H24N4O2/c1-10(2)14-8-12-15-16-13(19-12)17(3)9-11-6-4-5-7-18-11/h10-11,14H,4-9H2,1-3H3. The smallest absolute Gasteiger partial charge is 0.318 e. The number of nitrogens with zero attached hydrogens (tertiary/aromatic N) is 3. The second-order valence-corrected chi connectivity index (χ2v) is 5.38. The summed E-state index contributed by atoms with van der Waals surface area (Å²) in [6.45, 7) is 6.46. The first-order valence-corrected chi connectivity index (χ1v) is 7.03. The largest absolute Gasteiger partial charge is 0.407 e. The summed E-state index contributed by atoms with van der Waals surface area (Å²) in [6.07, 6.45) is 3.81. The molecule has 6 heteroatoms. The predicted molar refractivity (Wildman–Crippen MR) is 73.1 cm³/mol. The molecule has 1 aromatic rings. The monoisotopic (exact) mass is 268 g/mol. The van der Waals surface area contributed by atoms with Crippen LogP contribution in [0.3, 0.4) is 0 Å². The van der Waals surface area contributed by atoms with Crippen LogP contribution in [0.15, 0.2) is 4.42 Å². The Morgan fingerprint density at radius 2 is 2.21 bits per heavy atom. The lowest BCUT2D eigenvalue weighted by atomic mass is 10.1. The van der Waals surface area contributed by atoms with E-state index in [4.69, 9.17) is 9.15 Å². The molecule has 19 heavy (non-hydrogen) atoms. The molecule has 1 aromatic heterocycles. The Bertz CT molecular complexity index is 374. The summed E-state index contributed by atoms with van der Waals surface area (Å²) in [7, 11) is 1.96. The number of nitrogens with one attached hydrogen (secondary N) is 1. The molecule has 1 atom stereocenters. The van der Waals surface area contributed by atoms with Crippen molar-refractivity contribution >= 4 is 6.01 Å². The molecule has 0 aromatic carbocycles. The second kappa shape index (κ2) is 6.86. The minimum atomic E-state index is 0.280. The summed E-state index contributed by atoms with van der Waals surface area (Å²) in [6, 6.07) is 0.971. The molecule has 1 unspecified atom stereocenters. The van der Waals surface area contributed by atoms with Crippen LogP contribution in [0.25, 0.3) is 0 Å². The SMILES string of the molecule is CC(C)NCc1nnc(N(C)CC2CCCCO2)o1. The molecule has 0 amide bonds. The third-order valence-corrected chi connectivity index (χ3v) is 3.20. The topological polar surface area (TPSA) is 63.4 Å². The molecule has 0 bridgehead atoms. The average Bonchev–Trinajstić information content (AvgIpc) is 2.86. The van der Waals surface area contributed by atoms with E-state index in [1.807, 2.05) is 11.9 Å². The van der Waals surface area contributed by atoms with Crippen molar-refractivity contribution in [3.63, 3.8) is 0 Å². The van der Waals surface area contributed by atoms with Crippen LogP contribution < -0.4 is 10.2 Å². The highest BCUT2D eigenvalue weighted by Gasteiger charge is 2.19. The average molecular weight is 268 g/mol. The van der Waals surface area contributed by atoms with Crippen molar-refractivity contribution in [3.8, 4) is 0 Å². The molecule has 1 fully saturated rings. The van der Waals surface area contributed by atoms with Gasteiger partial charge in [0.15, 0.2) is 0 Å². The minimum Gasteiger partial charge on any atom is -0.407 e. The van der Waals surface area contributed by atoms with E-state index in [2.05, 4.69) is 29.4 Å². The normalized spacial score (nSPS) is 19.9. The Kier molecular flexibility index (Phi) is 5.15. The number of anilines is 1. The van der Waals surface area contributed by atoms with Crippen molar-refractivity contribution < 1.29 is 9.15 Å². The first-order valence-electron chi connectivity index (χ1n) is 7.03. The third kappa shape index (κ3) is 4.47. The van der Waals surface area contributed by atoms with Gasteiger partial charge < -0.3 is 19.4 Å². The molecule has 2 heterocycles. The zero-order valence-corrected chi connectivity index (χ0v) is 12.1. The van der Waals surface area contributed by atoms with E-state index in [1.54, 1.807) is 0 Å². The lowest BCUT2D eigenvalue weighted by molar-refractivity contribution is 0.0211. The van der Waals surface area contributed by atoms with E-state index in [1.165, 1.54) is 12.8 Å². The van der Waals surface area contributed by atoms with Crippen LogP contribution in [-0.4, -0.2) is 42.5 Å². The number of likely N-dealkylation sites (N-methyl/N-ethyl adjacent to an activating group) is 1. The molecule has 0 radical (unpaired) electrons. The number of rotatable bonds is 6. The molecule has 6 nitrogen and oxygen atoms in total. The van der Waals surface area contributed by atoms with Gasteiger partial charge in [-0.1, -0.05) is 18.9 Å². The summed E-state index contributed by atoms with van der Waals surface area (Å²) in [5, 5.41) is 11.4. The summed E-state index contributed by atoms with van der Waals surface area (Å²) in [5.74, 6) is 0.625. The van der Waals surface area contributed by atoms with Gasteiger partial charge in [-0.15, -0.1) is 5.10 Å². The third-order valence-electron chi connectivity index (χ3n) is 3.20. The number of hydrogen-bond acceptors (Lipinski definition) is 6. The second-order valence-electron chi connectivity index (χ2n) is 5.38. The fraction of sp³-hybridized carbons (Fsp3) is 0.846. The van der Waals surface area contributed by atoms with Crippen LogP contribution >= 0.6 is 0 Å². The Morgan fingerprint density at radius 3 is 2.89 bits per heavy atom. The number of hydrogen-bond donors (Lipinski definition) is 1. The van der Waals surface area contributed by atoms with Crippen LogP contribution in [0, 0.1) is 0 Å². The molecule has 2 rings (SSSR count). The van der Waals surface area contributed by atoms with Crippen molar-refractivity contribution in [2.75, 3.05) is 25.1 Å². The molecule has 1 N–H and O–H groups in total. The van der Waals surface area contributed by atoms with E-state index in [-0.39, 0.29) is 6.10 Å². The summed E-state index contributed by atoms with van der Waals surface area (Å²) >= 11 is 0. The minimum absolute atomic E-state index is 0.280. The quantitative estimate of drug-likeness (QED) is 0.845. The van der Waals surface area contributed by atoms with Crippen molar-refractivity contribution in [2.24, 2.45) is 0 Å². The Balaban J connectivity index is 1.82. The van der Waals surface area contributed by atoms with Crippen LogP contribution in [-0.2, 0) is 11.3 Å². The molecule has 0 saturated carbocycles. The highest BCUT2D eigenvalue weighted by Crippen LogP contribution is 2.17. The van der Waals surface area contributed by atoms with Crippen LogP contribution in [0.5, 0.6) is 0 Å². The maximum absolute atomic E-state index is 5.71. The van der Waals surface area contributed by atoms with Gasteiger partial charge in [0.2, 0.25) is 5.89 Å². The van der Waals surface area contributed by atoms with Gasteiger partial charge in [0.1, 0.15) is 0 Å².